The Bertz CT molecular complexity index is 422. The maximum atomic E-state index is 11.8. The van der Waals surface area contributed by atoms with Crippen molar-refractivity contribution in [3.05, 3.63) is 28.5 Å². The van der Waals surface area contributed by atoms with E-state index in [2.05, 4.69) is 20.9 Å². The minimum absolute atomic E-state index is 0.551. The number of halogens is 1. The van der Waals surface area contributed by atoms with Crippen molar-refractivity contribution in [2.75, 3.05) is 0 Å². The van der Waals surface area contributed by atoms with E-state index in [1.807, 2.05) is 12.1 Å². The summed E-state index contributed by atoms with van der Waals surface area (Å²) in [6, 6.07) is 3.86. The van der Waals surface area contributed by atoms with Gasteiger partial charge in [0.15, 0.2) is 0 Å². The fourth-order valence-corrected chi connectivity index (χ4v) is 3.14. The molecule has 104 valence electrons. The number of nitrogens with zero attached hydrogens (tertiary/aromatic N) is 1. The summed E-state index contributed by atoms with van der Waals surface area (Å²) in [5, 5.41) is 9.68. The Balaban J connectivity index is 2.17. The average Bonchev–Trinajstić information content (AvgIpc) is 2.35. The van der Waals surface area contributed by atoms with Crippen molar-refractivity contribution in [3.8, 4) is 0 Å². The number of aliphatic carboxylic acids is 1. The Kier molecular flexibility index (Phi) is 4.97. The van der Waals surface area contributed by atoms with Crippen LogP contribution in [-0.2, 0) is 11.2 Å². The molecule has 1 aromatic rings. The van der Waals surface area contributed by atoms with E-state index in [1.54, 1.807) is 6.20 Å². The predicted octanol–water partition coefficient (Wildman–Crippen LogP) is 4.20. The van der Waals surface area contributed by atoms with Gasteiger partial charge in [-0.3, -0.25) is 9.78 Å². The van der Waals surface area contributed by atoms with Crippen LogP contribution in [0.15, 0.2) is 22.8 Å². The van der Waals surface area contributed by atoms with Gasteiger partial charge in [0.2, 0.25) is 0 Å². The summed E-state index contributed by atoms with van der Waals surface area (Å²) in [4.78, 5) is 16.1. The van der Waals surface area contributed by atoms with E-state index in [9.17, 15) is 9.90 Å². The number of carbonyl (C=O) groups is 1. The molecule has 2 rings (SSSR count). The molecule has 0 saturated heterocycles. The van der Waals surface area contributed by atoms with E-state index in [4.69, 9.17) is 0 Å². The molecule has 1 aliphatic rings. The minimum Gasteiger partial charge on any atom is -0.481 e. The van der Waals surface area contributed by atoms with Crippen LogP contribution in [0.3, 0.4) is 0 Å². The molecule has 1 heterocycles. The molecule has 0 unspecified atom stereocenters. The van der Waals surface area contributed by atoms with Crippen LogP contribution in [0.4, 0.5) is 0 Å². The third kappa shape index (κ3) is 3.78. The molecule has 0 bridgehead atoms. The molecule has 1 aliphatic carbocycles. The van der Waals surface area contributed by atoms with Crippen LogP contribution in [0.5, 0.6) is 0 Å². The first kappa shape index (κ1) is 14.5. The Labute approximate surface area is 122 Å². The lowest BCUT2D eigenvalue weighted by Crippen LogP contribution is -2.34. The first-order valence-electron chi connectivity index (χ1n) is 6.96. The van der Waals surface area contributed by atoms with Crippen molar-refractivity contribution in [1.29, 1.82) is 0 Å². The molecular weight excluding hydrogens is 306 g/mol. The topological polar surface area (TPSA) is 50.2 Å². The maximum Gasteiger partial charge on any atom is 0.310 e. The van der Waals surface area contributed by atoms with Gasteiger partial charge in [-0.25, -0.2) is 0 Å². The molecule has 1 aromatic heterocycles. The standard InChI is InChI=1S/C15H20BrNO2/c16-12-6-7-13(17-11-12)10-15(14(18)19)8-4-2-1-3-5-9-15/h6-7,11H,1-5,8-10H2,(H,18,19). The number of carboxylic acids is 1. The first-order chi connectivity index (χ1) is 9.12. The Morgan fingerprint density at radius 1 is 1.21 bits per heavy atom. The lowest BCUT2D eigenvalue weighted by atomic mass is 9.73. The van der Waals surface area contributed by atoms with Crippen molar-refractivity contribution < 1.29 is 9.90 Å². The second kappa shape index (κ2) is 6.51. The SMILES string of the molecule is O=C(O)C1(Cc2ccc(Br)cn2)CCCCCCC1. The van der Waals surface area contributed by atoms with Gasteiger partial charge in [-0.1, -0.05) is 32.1 Å². The fraction of sp³-hybridized carbons (Fsp3) is 0.600. The van der Waals surface area contributed by atoms with Crippen LogP contribution >= 0.6 is 15.9 Å². The smallest absolute Gasteiger partial charge is 0.310 e. The Morgan fingerprint density at radius 3 is 2.37 bits per heavy atom. The fourth-order valence-electron chi connectivity index (χ4n) is 2.91. The van der Waals surface area contributed by atoms with Crippen molar-refractivity contribution in [3.63, 3.8) is 0 Å². The molecule has 0 amide bonds. The highest BCUT2D eigenvalue weighted by atomic mass is 79.9. The normalized spacial score (nSPS) is 19.4. The lowest BCUT2D eigenvalue weighted by Gasteiger charge is -2.31. The molecule has 19 heavy (non-hydrogen) atoms. The van der Waals surface area contributed by atoms with Crippen LogP contribution < -0.4 is 0 Å². The molecular formula is C15H20BrNO2. The zero-order valence-corrected chi connectivity index (χ0v) is 12.7. The molecule has 1 saturated carbocycles. The van der Waals surface area contributed by atoms with Gasteiger partial charge in [-0.15, -0.1) is 0 Å². The Hall–Kier alpha value is -0.900. The highest BCUT2D eigenvalue weighted by Gasteiger charge is 2.38. The summed E-state index contributed by atoms with van der Waals surface area (Å²) in [6.45, 7) is 0. The quantitative estimate of drug-likeness (QED) is 0.905. The second-order valence-electron chi connectivity index (χ2n) is 5.50. The molecule has 0 spiro atoms. The van der Waals surface area contributed by atoms with Crippen molar-refractivity contribution in [1.82, 2.24) is 4.98 Å². The van der Waals surface area contributed by atoms with Gasteiger partial charge in [-0.2, -0.15) is 0 Å². The van der Waals surface area contributed by atoms with E-state index in [1.165, 1.54) is 6.42 Å². The van der Waals surface area contributed by atoms with E-state index >= 15 is 0 Å². The van der Waals surface area contributed by atoms with Crippen LogP contribution in [0.2, 0.25) is 0 Å². The predicted molar refractivity (Wildman–Crippen MR) is 78.0 cm³/mol. The summed E-state index contributed by atoms with van der Waals surface area (Å²) in [7, 11) is 0. The zero-order valence-electron chi connectivity index (χ0n) is 11.1. The molecule has 0 aliphatic heterocycles. The molecule has 1 N–H and O–H groups in total. The summed E-state index contributed by atoms with van der Waals surface area (Å²) in [5.74, 6) is -0.654. The number of carboxylic acid groups (broad SMARTS) is 1. The van der Waals surface area contributed by atoms with Gasteiger partial charge in [0.25, 0.3) is 0 Å². The number of hydrogen-bond acceptors (Lipinski definition) is 2. The van der Waals surface area contributed by atoms with Gasteiger partial charge < -0.3 is 5.11 Å². The van der Waals surface area contributed by atoms with Gasteiger partial charge in [0.05, 0.1) is 5.41 Å². The number of pyridine rings is 1. The van der Waals surface area contributed by atoms with Gasteiger partial charge in [-0.05, 0) is 40.9 Å². The van der Waals surface area contributed by atoms with E-state index in [0.29, 0.717) is 6.42 Å². The first-order valence-corrected chi connectivity index (χ1v) is 7.76. The highest BCUT2D eigenvalue weighted by molar-refractivity contribution is 9.10. The molecule has 4 heteroatoms. The number of aromatic nitrogens is 1. The van der Waals surface area contributed by atoms with Crippen LogP contribution in [0, 0.1) is 5.41 Å². The lowest BCUT2D eigenvalue weighted by molar-refractivity contribution is -0.150. The van der Waals surface area contributed by atoms with E-state index < -0.39 is 11.4 Å². The van der Waals surface area contributed by atoms with Gasteiger partial charge in [0.1, 0.15) is 0 Å². The second-order valence-corrected chi connectivity index (χ2v) is 6.41. The summed E-state index contributed by atoms with van der Waals surface area (Å²) in [6.07, 6.45) is 9.44. The largest absolute Gasteiger partial charge is 0.481 e. The van der Waals surface area contributed by atoms with E-state index in [0.717, 1.165) is 48.7 Å². The third-order valence-electron chi connectivity index (χ3n) is 4.07. The third-order valence-corrected chi connectivity index (χ3v) is 4.54. The number of rotatable bonds is 3. The number of hydrogen-bond donors (Lipinski definition) is 1. The van der Waals surface area contributed by atoms with Crippen molar-refractivity contribution in [2.24, 2.45) is 5.41 Å². The van der Waals surface area contributed by atoms with Gasteiger partial charge >= 0.3 is 5.97 Å². The van der Waals surface area contributed by atoms with Crippen molar-refractivity contribution >= 4 is 21.9 Å². The molecule has 3 nitrogen and oxygen atoms in total. The monoisotopic (exact) mass is 325 g/mol. The molecule has 1 fully saturated rings. The molecule has 0 radical (unpaired) electrons. The summed E-state index contributed by atoms with van der Waals surface area (Å²) >= 11 is 3.36. The minimum atomic E-state index is -0.654. The highest BCUT2D eigenvalue weighted by Crippen LogP contribution is 2.37. The summed E-state index contributed by atoms with van der Waals surface area (Å²) < 4.78 is 0.929. The van der Waals surface area contributed by atoms with Gasteiger partial charge in [0, 0.05) is 22.8 Å². The van der Waals surface area contributed by atoms with E-state index in [-0.39, 0.29) is 0 Å². The Morgan fingerprint density at radius 2 is 1.84 bits per heavy atom. The van der Waals surface area contributed by atoms with Crippen LogP contribution in [0.1, 0.15) is 50.6 Å². The molecule has 0 atom stereocenters. The summed E-state index contributed by atoms with van der Waals surface area (Å²) in [5.41, 5.74) is 0.271. The average molecular weight is 326 g/mol. The van der Waals surface area contributed by atoms with Crippen LogP contribution in [-0.4, -0.2) is 16.1 Å². The zero-order chi connectivity index (χ0) is 13.7. The maximum absolute atomic E-state index is 11.8. The van der Waals surface area contributed by atoms with Crippen LogP contribution in [0.25, 0.3) is 0 Å². The molecule has 0 aromatic carbocycles. The van der Waals surface area contributed by atoms with Crippen molar-refractivity contribution in [2.45, 2.75) is 51.4 Å².